The number of hydrogen-bond acceptors (Lipinski definition) is 6. The van der Waals surface area contributed by atoms with Crippen LogP contribution in [-0.2, 0) is 14.8 Å². The molecule has 32 heavy (non-hydrogen) atoms. The molecule has 0 spiro atoms. The van der Waals surface area contributed by atoms with Crippen LogP contribution in [-0.4, -0.2) is 68.3 Å². The molecule has 1 atom stereocenters. The van der Waals surface area contributed by atoms with Gasteiger partial charge in [-0.25, -0.2) is 13.4 Å². The Morgan fingerprint density at radius 3 is 2.56 bits per heavy atom. The maximum Gasteiger partial charge on any atom is 0.247 e. The number of carbonyl (C=O) groups is 1. The van der Waals surface area contributed by atoms with Crippen molar-refractivity contribution >= 4 is 54.2 Å². The van der Waals surface area contributed by atoms with Crippen molar-refractivity contribution in [2.45, 2.75) is 23.8 Å². The summed E-state index contributed by atoms with van der Waals surface area (Å²) in [6, 6.07) is 13.0. The molecule has 1 aromatic heterocycles. The van der Waals surface area contributed by atoms with E-state index in [1.54, 1.807) is 17.0 Å². The lowest BCUT2D eigenvalue weighted by Crippen LogP contribution is -2.49. The average molecular weight is 493 g/mol. The fraction of sp³-hybridized carbons (Fsp3) is 0.364. The molecule has 1 amide bonds. The van der Waals surface area contributed by atoms with Gasteiger partial charge in [0.2, 0.25) is 15.9 Å². The average Bonchev–Trinajstić information content (AvgIpc) is 3.41. The van der Waals surface area contributed by atoms with Crippen LogP contribution in [0.1, 0.15) is 12.8 Å². The third kappa shape index (κ3) is 4.67. The number of rotatable bonds is 7. The van der Waals surface area contributed by atoms with Gasteiger partial charge in [-0.2, -0.15) is 4.31 Å². The Hall–Kier alpha value is -2.04. The number of hydrogen-bond donors (Lipinski definition) is 0. The van der Waals surface area contributed by atoms with Crippen LogP contribution in [0.25, 0.3) is 10.2 Å². The largest absolute Gasteiger partial charge is 0.308 e. The number of sulfonamides is 1. The highest BCUT2D eigenvalue weighted by Gasteiger charge is 2.42. The van der Waals surface area contributed by atoms with Gasteiger partial charge in [0.25, 0.3) is 0 Å². The molecule has 1 aliphatic heterocycles. The number of anilines is 1. The molecule has 1 saturated heterocycles. The highest BCUT2D eigenvalue weighted by atomic mass is 35.5. The summed E-state index contributed by atoms with van der Waals surface area (Å²) in [5.41, 5.74) is 0.826. The van der Waals surface area contributed by atoms with Gasteiger partial charge in [-0.1, -0.05) is 35.1 Å². The summed E-state index contributed by atoms with van der Waals surface area (Å²) in [5, 5.41) is 1.05. The minimum atomic E-state index is -3.82. The molecule has 0 saturated carbocycles. The van der Waals surface area contributed by atoms with Crippen LogP contribution in [0.15, 0.2) is 53.4 Å². The number of amides is 1. The summed E-state index contributed by atoms with van der Waals surface area (Å²) in [4.78, 5) is 22.2. The molecule has 170 valence electrons. The second kappa shape index (κ2) is 9.44. The van der Waals surface area contributed by atoms with Gasteiger partial charge in [0, 0.05) is 24.7 Å². The normalized spacial score (nSPS) is 17.3. The van der Waals surface area contributed by atoms with Crippen molar-refractivity contribution in [3.8, 4) is 0 Å². The first-order chi connectivity index (χ1) is 15.3. The Kier molecular flexibility index (Phi) is 6.83. The highest BCUT2D eigenvalue weighted by molar-refractivity contribution is 7.89. The maximum atomic E-state index is 13.7. The van der Waals surface area contributed by atoms with Gasteiger partial charge in [-0.05, 0) is 63.3 Å². The Balaban J connectivity index is 1.66. The van der Waals surface area contributed by atoms with Crippen molar-refractivity contribution in [1.82, 2.24) is 14.2 Å². The fourth-order valence-electron chi connectivity index (χ4n) is 3.77. The Bertz CT molecular complexity index is 1180. The van der Waals surface area contributed by atoms with Crippen LogP contribution in [0.5, 0.6) is 0 Å². The first kappa shape index (κ1) is 23.1. The van der Waals surface area contributed by atoms with E-state index in [0.717, 1.165) is 10.2 Å². The van der Waals surface area contributed by atoms with Gasteiger partial charge in [0.15, 0.2) is 5.13 Å². The van der Waals surface area contributed by atoms with Gasteiger partial charge in [-0.15, -0.1) is 0 Å². The molecule has 3 aromatic rings. The van der Waals surface area contributed by atoms with Crippen LogP contribution in [0.2, 0.25) is 5.02 Å². The topological polar surface area (TPSA) is 73.8 Å². The molecule has 1 aliphatic rings. The second-order valence-electron chi connectivity index (χ2n) is 7.99. The van der Waals surface area contributed by atoms with Crippen molar-refractivity contribution < 1.29 is 13.2 Å². The number of fused-ring (bicyclic) bond motifs is 1. The molecule has 0 aliphatic carbocycles. The first-order valence-electron chi connectivity index (χ1n) is 10.4. The summed E-state index contributed by atoms with van der Waals surface area (Å²) in [6.07, 6.45) is 1.11. The number of nitrogens with zero attached hydrogens (tertiary/aromatic N) is 4. The van der Waals surface area contributed by atoms with Crippen LogP contribution in [0, 0.1) is 0 Å². The van der Waals surface area contributed by atoms with Crippen molar-refractivity contribution in [1.29, 1.82) is 0 Å². The van der Waals surface area contributed by atoms with Crippen molar-refractivity contribution in [2.24, 2.45) is 0 Å². The minimum absolute atomic E-state index is 0.140. The molecule has 1 fully saturated rings. The predicted molar refractivity (Wildman–Crippen MR) is 129 cm³/mol. The van der Waals surface area contributed by atoms with Crippen LogP contribution < -0.4 is 4.90 Å². The number of thiazole rings is 1. The zero-order chi connectivity index (χ0) is 22.9. The molecule has 4 rings (SSSR count). The smallest absolute Gasteiger partial charge is 0.247 e. The van der Waals surface area contributed by atoms with Crippen LogP contribution in [0.4, 0.5) is 5.13 Å². The highest BCUT2D eigenvalue weighted by Crippen LogP contribution is 2.32. The Morgan fingerprint density at radius 1 is 1.16 bits per heavy atom. The van der Waals surface area contributed by atoms with E-state index in [-0.39, 0.29) is 10.8 Å². The Labute approximate surface area is 197 Å². The summed E-state index contributed by atoms with van der Waals surface area (Å²) < 4.78 is 29.0. The van der Waals surface area contributed by atoms with Gasteiger partial charge >= 0.3 is 0 Å². The molecule has 0 N–H and O–H groups in total. The molecule has 7 nitrogen and oxygen atoms in total. The molecule has 2 heterocycles. The monoisotopic (exact) mass is 492 g/mol. The van der Waals surface area contributed by atoms with Gasteiger partial charge < -0.3 is 4.90 Å². The summed E-state index contributed by atoms with van der Waals surface area (Å²) >= 11 is 7.37. The lowest BCUT2D eigenvalue weighted by Gasteiger charge is -2.29. The fourth-order valence-corrected chi connectivity index (χ4v) is 6.55. The zero-order valence-corrected chi connectivity index (χ0v) is 20.3. The SMILES string of the molecule is CN(C)CCN(C(=O)C1CCCN1S(=O)(=O)c1ccc(Cl)cc1)c1nc2ccccc2s1. The summed E-state index contributed by atoms with van der Waals surface area (Å²) in [5.74, 6) is -0.235. The van der Waals surface area contributed by atoms with Crippen molar-refractivity contribution in [3.05, 3.63) is 53.6 Å². The number of aromatic nitrogens is 1. The van der Waals surface area contributed by atoms with Gasteiger partial charge in [0.1, 0.15) is 6.04 Å². The number of benzene rings is 2. The summed E-state index contributed by atoms with van der Waals surface area (Å²) in [6.45, 7) is 1.37. The van der Waals surface area contributed by atoms with E-state index >= 15 is 0 Å². The quantitative estimate of drug-likeness (QED) is 0.502. The van der Waals surface area contributed by atoms with E-state index in [1.165, 1.54) is 27.8 Å². The summed E-state index contributed by atoms with van der Waals surface area (Å²) in [7, 11) is 0.0552. The minimum Gasteiger partial charge on any atom is -0.308 e. The standard InChI is InChI=1S/C22H25ClN4O3S2/c1-25(2)14-15-26(22-24-18-6-3-4-8-20(18)31-22)21(28)19-7-5-13-27(19)32(29,30)17-11-9-16(23)10-12-17/h3-4,6,8-12,19H,5,7,13-15H2,1-2H3. The molecule has 0 radical (unpaired) electrons. The maximum absolute atomic E-state index is 13.7. The molecule has 2 aromatic carbocycles. The first-order valence-corrected chi connectivity index (χ1v) is 13.0. The lowest BCUT2D eigenvalue weighted by molar-refractivity contribution is -0.121. The Morgan fingerprint density at radius 2 is 1.88 bits per heavy atom. The second-order valence-corrected chi connectivity index (χ2v) is 11.3. The van der Waals surface area contributed by atoms with Crippen molar-refractivity contribution in [2.75, 3.05) is 38.6 Å². The van der Waals surface area contributed by atoms with Crippen LogP contribution in [0.3, 0.4) is 0 Å². The van der Waals surface area contributed by atoms with E-state index < -0.39 is 16.1 Å². The van der Waals surface area contributed by atoms with Crippen molar-refractivity contribution in [3.63, 3.8) is 0 Å². The zero-order valence-electron chi connectivity index (χ0n) is 17.9. The molecule has 0 bridgehead atoms. The van der Waals surface area contributed by atoms with E-state index in [4.69, 9.17) is 11.6 Å². The van der Waals surface area contributed by atoms with E-state index in [1.807, 2.05) is 43.3 Å². The number of carbonyl (C=O) groups excluding carboxylic acids is 1. The molecular weight excluding hydrogens is 468 g/mol. The lowest BCUT2D eigenvalue weighted by atomic mass is 10.2. The van der Waals surface area contributed by atoms with E-state index in [0.29, 0.717) is 42.6 Å². The van der Waals surface area contributed by atoms with E-state index in [2.05, 4.69) is 4.98 Å². The van der Waals surface area contributed by atoms with Gasteiger partial charge in [0.05, 0.1) is 15.1 Å². The predicted octanol–water partition coefficient (Wildman–Crippen LogP) is 3.70. The molecule has 10 heteroatoms. The molecular formula is C22H25ClN4O3S2. The number of halogens is 1. The number of para-hydroxylation sites is 1. The van der Waals surface area contributed by atoms with E-state index in [9.17, 15) is 13.2 Å². The molecule has 1 unspecified atom stereocenters. The third-order valence-corrected chi connectivity index (χ3v) is 8.69. The van der Waals surface area contributed by atoms with Gasteiger partial charge in [-0.3, -0.25) is 9.69 Å². The van der Waals surface area contributed by atoms with Crippen LogP contribution >= 0.6 is 22.9 Å². The third-order valence-electron chi connectivity index (χ3n) is 5.46. The number of likely N-dealkylation sites (N-methyl/N-ethyl adjacent to an activating group) is 1.